The maximum absolute atomic E-state index is 2.36. The maximum atomic E-state index is 2.36. The van der Waals surface area contributed by atoms with Crippen LogP contribution >= 0.6 is 0 Å². The van der Waals surface area contributed by atoms with Gasteiger partial charge in [-0.15, -0.1) is 0 Å². The molecule has 0 aromatic heterocycles. The molecule has 0 spiro atoms. The molecule has 0 saturated heterocycles. The van der Waals surface area contributed by atoms with E-state index >= 15 is 0 Å². The molecule has 8 aromatic carbocycles. The first-order valence-electron chi connectivity index (χ1n) is 17.5. The molecule has 0 radical (unpaired) electrons. The number of nitrogens with zero attached hydrogens (tertiary/aromatic N) is 1. The fourth-order valence-electron chi connectivity index (χ4n) is 7.16. The number of rotatable bonds is 9. The minimum atomic E-state index is 0.364. The van der Waals surface area contributed by atoms with E-state index in [1.165, 1.54) is 55.3 Å². The van der Waals surface area contributed by atoms with E-state index < -0.39 is 0 Å². The third-order valence-corrected chi connectivity index (χ3v) is 9.78. The van der Waals surface area contributed by atoms with Gasteiger partial charge in [0.15, 0.2) is 0 Å². The Labute approximate surface area is 295 Å². The Morgan fingerprint density at radius 3 is 1.36 bits per heavy atom. The van der Waals surface area contributed by atoms with E-state index in [1.807, 2.05) is 0 Å². The van der Waals surface area contributed by atoms with Crippen LogP contribution in [-0.4, -0.2) is 0 Å². The zero-order valence-corrected chi connectivity index (χ0v) is 28.3. The summed E-state index contributed by atoms with van der Waals surface area (Å²) in [5.74, 6) is 0.364. The molecule has 0 bridgehead atoms. The van der Waals surface area contributed by atoms with Crippen molar-refractivity contribution in [3.05, 3.63) is 211 Å². The number of fused-ring (bicyclic) bond motifs is 1. The van der Waals surface area contributed by atoms with Gasteiger partial charge in [0.25, 0.3) is 0 Å². The van der Waals surface area contributed by atoms with Crippen LogP contribution in [0.25, 0.3) is 44.2 Å². The van der Waals surface area contributed by atoms with Crippen LogP contribution in [0.3, 0.4) is 0 Å². The summed E-state index contributed by atoms with van der Waals surface area (Å²) in [5, 5.41) is 2.59. The highest BCUT2D eigenvalue weighted by atomic mass is 15.1. The maximum Gasteiger partial charge on any atom is 0.0467 e. The SMILES string of the molecule is CCC(c1ccc(-c2ccc(N(c3cccc(-c4ccccc4)c3)c3cccc(-c4ccccc4)c3)cc2)cc1)c1ccc2ccccc2c1. The second kappa shape index (κ2) is 14.1. The standard InChI is InChI=1S/C49H39N/c1-2-49(45-28-25-38-17-9-10-18-42(38)33-45)41-26-23-39(24-27-41)40-29-31-46(32-30-40)50(47-21-11-19-43(34-47)36-13-5-3-6-14-36)48-22-12-20-44(35-48)37-15-7-4-8-16-37/h3-35,49H,2H2,1H3. The number of hydrogen-bond donors (Lipinski definition) is 0. The third kappa shape index (κ3) is 6.46. The van der Waals surface area contributed by atoms with E-state index in [0.29, 0.717) is 5.92 Å². The second-order valence-electron chi connectivity index (χ2n) is 12.9. The van der Waals surface area contributed by atoms with Crippen molar-refractivity contribution in [1.82, 2.24) is 0 Å². The first-order valence-corrected chi connectivity index (χ1v) is 17.5. The first-order chi connectivity index (χ1) is 24.7. The Hall–Kier alpha value is -6.18. The summed E-state index contributed by atoms with van der Waals surface area (Å²) in [6.45, 7) is 2.28. The lowest BCUT2D eigenvalue weighted by atomic mass is 9.87. The van der Waals surface area contributed by atoms with Gasteiger partial charge in [-0.2, -0.15) is 0 Å². The van der Waals surface area contributed by atoms with Crippen LogP contribution in [0, 0.1) is 0 Å². The molecule has 0 fully saturated rings. The van der Waals surface area contributed by atoms with Crippen molar-refractivity contribution in [3.8, 4) is 33.4 Å². The van der Waals surface area contributed by atoms with E-state index in [-0.39, 0.29) is 0 Å². The van der Waals surface area contributed by atoms with Crippen molar-refractivity contribution in [3.63, 3.8) is 0 Å². The van der Waals surface area contributed by atoms with Gasteiger partial charge in [-0.1, -0.05) is 171 Å². The third-order valence-electron chi connectivity index (χ3n) is 9.78. The highest BCUT2D eigenvalue weighted by Crippen LogP contribution is 2.39. The van der Waals surface area contributed by atoms with E-state index in [2.05, 4.69) is 212 Å². The molecule has 1 atom stereocenters. The molecule has 0 aliphatic heterocycles. The van der Waals surface area contributed by atoms with Crippen LogP contribution < -0.4 is 4.90 Å². The molecule has 1 nitrogen and oxygen atoms in total. The Morgan fingerprint density at radius 2 is 0.800 bits per heavy atom. The van der Waals surface area contributed by atoms with E-state index in [4.69, 9.17) is 0 Å². The van der Waals surface area contributed by atoms with Gasteiger partial charge in [0.05, 0.1) is 0 Å². The lowest BCUT2D eigenvalue weighted by Gasteiger charge is -2.27. The molecule has 0 aliphatic carbocycles. The predicted molar refractivity (Wildman–Crippen MR) is 214 cm³/mol. The molecule has 0 saturated carbocycles. The molecule has 8 aromatic rings. The first kappa shape index (κ1) is 31.1. The topological polar surface area (TPSA) is 3.24 Å². The average molecular weight is 642 g/mol. The van der Waals surface area contributed by atoms with Crippen LogP contribution in [0.4, 0.5) is 17.1 Å². The summed E-state index contributed by atoms with van der Waals surface area (Å²) >= 11 is 0. The molecule has 1 heteroatoms. The predicted octanol–water partition coefficient (Wildman–Crippen LogP) is 13.9. The van der Waals surface area contributed by atoms with Crippen LogP contribution in [-0.2, 0) is 0 Å². The van der Waals surface area contributed by atoms with Gasteiger partial charge >= 0.3 is 0 Å². The van der Waals surface area contributed by atoms with E-state index in [0.717, 1.165) is 23.5 Å². The van der Waals surface area contributed by atoms with Crippen LogP contribution in [0.5, 0.6) is 0 Å². The molecule has 50 heavy (non-hydrogen) atoms. The summed E-state index contributed by atoms with van der Waals surface area (Å²) in [6, 6.07) is 72.6. The second-order valence-corrected chi connectivity index (χ2v) is 12.9. The van der Waals surface area contributed by atoms with Crippen molar-refractivity contribution in [1.29, 1.82) is 0 Å². The molecule has 0 amide bonds. The quantitative estimate of drug-likeness (QED) is 0.152. The zero-order chi connectivity index (χ0) is 33.7. The summed E-state index contributed by atoms with van der Waals surface area (Å²) in [7, 11) is 0. The van der Waals surface area contributed by atoms with Crippen molar-refractivity contribution in [2.24, 2.45) is 0 Å². The van der Waals surface area contributed by atoms with E-state index in [9.17, 15) is 0 Å². The van der Waals surface area contributed by atoms with Crippen molar-refractivity contribution in [2.75, 3.05) is 4.90 Å². The van der Waals surface area contributed by atoms with Crippen molar-refractivity contribution in [2.45, 2.75) is 19.3 Å². The van der Waals surface area contributed by atoms with Gasteiger partial charge in [-0.3, -0.25) is 0 Å². The molecule has 0 aliphatic rings. The summed E-state index contributed by atoms with van der Waals surface area (Å²) < 4.78 is 0. The highest BCUT2D eigenvalue weighted by Gasteiger charge is 2.16. The number of anilines is 3. The van der Waals surface area contributed by atoms with Gasteiger partial charge in [-0.05, 0) is 98.1 Å². The largest absolute Gasteiger partial charge is 0.310 e. The minimum Gasteiger partial charge on any atom is -0.310 e. The minimum absolute atomic E-state index is 0.364. The average Bonchev–Trinajstić information content (AvgIpc) is 3.20. The molecule has 1 unspecified atom stereocenters. The number of benzene rings is 8. The molecule has 8 rings (SSSR count). The van der Waals surface area contributed by atoms with Crippen molar-refractivity contribution >= 4 is 27.8 Å². The van der Waals surface area contributed by atoms with Gasteiger partial charge in [0.2, 0.25) is 0 Å². The molecule has 240 valence electrons. The molecule has 0 N–H and O–H groups in total. The summed E-state index contributed by atoms with van der Waals surface area (Å²) in [6.07, 6.45) is 1.05. The number of hydrogen-bond acceptors (Lipinski definition) is 1. The summed E-state index contributed by atoms with van der Waals surface area (Å²) in [4.78, 5) is 2.36. The molecular weight excluding hydrogens is 603 g/mol. The lowest BCUT2D eigenvalue weighted by molar-refractivity contribution is 0.778. The lowest BCUT2D eigenvalue weighted by Crippen LogP contribution is -2.10. The van der Waals surface area contributed by atoms with Gasteiger partial charge in [0, 0.05) is 23.0 Å². The van der Waals surface area contributed by atoms with Gasteiger partial charge < -0.3 is 4.90 Å². The Bertz CT molecular complexity index is 2260. The molecular formula is C49H39N. The highest BCUT2D eigenvalue weighted by molar-refractivity contribution is 5.84. The normalized spacial score (nSPS) is 11.7. The van der Waals surface area contributed by atoms with Crippen LogP contribution in [0.15, 0.2) is 200 Å². The summed E-state index contributed by atoms with van der Waals surface area (Å²) in [5.41, 5.74) is 13.3. The van der Waals surface area contributed by atoms with E-state index in [1.54, 1.807) is 0 Å². The Balaban J connectivity index is 1.12. The Kier molecular flexibility index (Phi) is 8.79. The van der Waals surface area contributed by atoms with Crippen molar-refractivity contribution < 1.29 is 0 Å². The smallest absolute Gasteiger partial charge is 0.0467 e. The fraction of sp³-hybridized carbons (Fsp3) is 0.0612. The Morgan fingerprint density at radius 1 is 0.340 bits per heavy atom. The fourth-order valence-corrected chi connectivity index (χ4v) is 7.16. The molecule has 0 heterocycles. The van der Waals surface area contributed by atoms with Gasteiger partial charge in [-0.25, -0.2) is 0 Å². The zero-order valence-electron chi connectivity index (χ0n) is 28.3. The van der Waals surface area contributed by atoms with Gasteiger partial charge in [0.1, 0.15) is 0 Å². The monoisotopic (exact) mass is 641 g/mol. The van der Waals surface area contributed by atoms with Crippen LogP contribution in [0.1, 0.15) is 30.4 Å². The van der Waals surface area contributed by atoms with Crippen LogP contribution in [0.2, 0.25) is 0 Å².